The largest absolute Gasteiger partial charge is 0.352 e. The molecule has 5 nitrogen and oxygen atoms in total. The first-order chi connectivity index (χ1) is 16.5. The van der Waals surface area contributed by atoms with Crippen molar-refractivity contribution < 1.29 is 9.59 Å². The van der Waals surface area contributed by atoms with Crippen molar-refractivity contribution >= 4 is 40.7 Å². The zero-order valence-corrected chi connectivity index (χ0v) is 20.8. The molecule has 0 saturated heterocycles. The Morgan fingerprint density at radius 1 is 1.00 bits per heavy atom. The second-order valence-electron chi connectivity index (χ2n) is 9.93. The molecule has 2 aromatic rings. The van der Waals surface area contributed by atoms with E-state index in [-0.39, 0.29) is 30.4 Å². The minimum atomic E-state index is -1.01. The molecule has 1 aliphatic heterocycles. The van der Waals surface area contributed by atoms with Crippen LogP contribution in [-0.4, -0.2) is 35.3 Å². The van der Waals surface area contributed by atoms with E-state index in [1.165, 1.54) is 12.8 Å². The molecule has 180 valence electrons. The summed E-state index contributed by atoms with van der Waals surface area (Å²) in [5, 5.41) is 7.45. The van der Waals surface area contributed by atoms with Crippen LogP contribution in [0.1, 0.15) is 62.5 Å². The van der Waals surface area contributed by atoms with Crippen molar-refractivity contribution in [2.75, 3.05) is 11.9 Å². The Hall–Kier alpha value is -2.08. The highest BCUT2D eigenvalue weighted by molar-refractivity contribution is 6.31. The molecule has 2 aromatic carbocycles. The van der Waals surface area contributed by atoms with Crippen LogP contribution in [0.25, 0.3) is 0 Å². The molecule has 2 aliphatic carbocycles. The Bertz CT molecular complexity index is 1080. The van der Waals surface area contributed by atoms with E-state index in [0.29, 0.717) is 16.5 Å². The molecule has 2 fully saturated rings. The maximum absolute atomic E-state index is 14.0. The third kappa shape index (κ3) is 4.84. The Morgan fingerprint density at radius 3 is 2.44 bits per heavy atom. The quantitative estimate of drug-likeness (QED) is 0.481. The van der Waals surface area contributed by atoms with Crippen LogP contribution in [0.15, 0.2) is 42.5 Å². The van der Waals surface area contributed by atoms with Crippen molar-refractivity contribution in [2.24, 2.45) is 0 Å². The first kappa shape index (κ1) is 23.7. The number of hydrogen-bond acceptors (Lipinski definition) is 3. The van der Waals surface area contributed by atoms with Crippen LogP contribution in [0.5, 0.6) is 0 Å². The molecule has 2 saturated carbocycles. The van der Waals surface area contributed by atoms with Gasteiger partial charge in [-0.2, -0.15) is 0 Å². The van der Waals surface area contributed by atoms with E-state index in [1.54, 1.807) is 0 Å². The fraction of sp³-hybridized carbons (Fsp3) is 0.481. The lowest BCUT2D eigenvalue weighted by molar-refractivity contribution is -0.134. The maximum atomic E-state index is 14.0. The van der Waals surface area contributed by atoms with E-state index in [4.69, 9.17) is 23.2 Å². The van der Waals surface area contributed by atoms with Crippen molar-refractivity contribution in [3.05, 3.63) is 63.6 Å². The van der Waals surface area contributed by atoms with Crippen LogP contribution in [0.2, 0.25) is 10.0 Å². The standard InChI is InChI=1S/C27H31Cl2N3O2/c28-19-7-5-6-18(14-19)16-27(23-13-10-20(29)15-24(23)31-26(27)34)32(17-25(33)30-21-11-12-21)22-8-3-1-2-4-9-22/h5-7,10,13-15,21-22H,1-4,8-9,11-12,16-17H2,(H,30,33)(H,31,34). The second-order valence-corrected chi connectivity index (χ2v) is 10.8. The second kappa shape index (κ2) is 9.88. The molecule has 2 N–H and O–H groups in total. The summed E-state index contributed by atoms with van der Waals surface area (Å²) in [4.78, 5) is 29.4. The third-order valence-corrected chi connectivity index (χ3v) is 7.88. The first-order valence-corrected chi connectivity index (χ1v) is 13.1. The number of rotatable bonds is 7. The summed E-state index contributed by atoms with van der Waals surface area (Å²) in [6.07, 6.45) is 9.04. The molecule has 7 heteroatoms. The van der Waals surface area contributed by atoms with Gasteiger partial charge in [0.25, 0.3) is 0 Å². The number of benzene rings is 2. The van der Waals surface area contributed by atoms with Gasteiger partial charge in [0.15, 0.2) is 0 Å². The van der Waals surface area contributed by atoms with Crippen molar-refractivity contribution in [3.63, 3.8) is 0 Å². The zero-order chi connectivity index (χ0) is 23.7. The molecule has 0 radical (unpaired) electrons. The van der Waals surface area contributed by atoms with Crippen LogP contribution in [0.3, 0.4) is 0 Å². The number of carbonyl (C=O) groups is 2. The summed E-state index contributed by atoms with van der Waals surface area (Å²) in [5.74, 6) is -0.111. The fourth-order valence-electron chi connectivity index (χ4n) is 5.63. The molecule has 1 atom stereocenters. The van der Waals surface area contributed by atoms with Crippen LogP contribution in [0.4, 0.5) is 5.69 Å². The molecular formula is C27H31Cl2N3O2. The van der Waals surface area contributed by atoms with Crippen molar-refractivity contribution in [2.45, 2.75) is 75.4 Å². The monoisotopic (exact) mass is 499 g/mol. The number of hydrogen-bond donors (Lipinski definition) is 2. The average molecular weight is 500 g/mol. The number of amides is 2. The molecule has 34 heavy (non-hydrogen) atoms. The minimum absolute atomic E-state index is 0.00701. The Morgan fingerprint density at radius 2 is 1.74 bits per heavy atom. The molecular weight excluding hydrogens is 469 g/mol. The maximum Gasteiger partial charge on any atom is 0.249 e. The van der Waals surface area contributed by atoms with Crippen LogP contribution in [0, 0.1) is 0 Å². The van der Waals surface area contributed by atoms with Crippen molar-refractivity contribution in [1.82, 2.24) is 10.2 Å². The smallest absolute Gasteiger partial charge is 0.249 e. The SMILES string of the molecule is O=C(CN(C1CCCCCC1)C1(Cc2cccc(Cl)c2)C(=O)Nc2cc(Cl)ccc21)NC1CC1. The van der Waals surface area contributed by atoms with Crippen LogP contribution in [-0.2, 0) is 21.5 Å². The third-order valence-electron chi connectivity index (χ3n) is 7.41. The van der Waals surface area contributed by atoms with E-state index >= 15 is 0 Å². The normalized spacial score (nSPS) is 22.9. The van der Waals surface area contributed by atoms with E-state index < -0.39 is 5.54 Å². The highest BCUT2D eigenvalue weighted by atomic mass is 35.5. The summed E-state index contributed by atoms with van der Waals surface area (Å²) in [6, 6.07) is 13.7. The van der Waals surface area contributed by atoms with Crippen molar-refractivity contribution in [3.8, 4) is 0 Å². The van der Waals surface area contributed by atoms with Crippen LogP contribution >= 0.6 is 23.2 Å². The van der Waals surface area contributed by atoms with Gasteiger partial charge in [0.1, 0.15) is 5.54 Å². The number of halogens is 2. The van der Waals surface area contributed by atoms with E-state index in [1.807, 2.05) is 42.5 Å². The molecule has 0 spiro atoms. The highest BCUT2D eigenvalue weighted by Crippen LogP contribution is 2.46. The zero-order valence-electron chi connectivity index (χ0n) is 19.3. The lowest BCUT2D eigenvalue weighted by Gasteiger charge is -2.44. The number of nitrogens with zero attached hydrogens (tertiary/aromatic N) is 1. The summed E-state index contributed by atoms with van der Waals surface area (Å²) in [6.45, 7) is 0.192. The number of carbonyl (C=O) groups excluding carboxylic acids is 2. The van der Waals surface area contributed by atoms with Gasteiger partial charge in [0, 0.05) is 39.8 Å². The molecule has 1 unspecified atom stereocenters. The molecule has 0 aromatic heterocycles. The first-order valence-electron chi connectivity index (χ1n) is 12.4. The molecule has 3 aliphatic rings. The van der Waals surface area contributed by atoms with Gasteiger partial charge >= 0.3 is 0 Å². The summed E-state index contributed by atoms with van der Waals surface area (Å²) in [7, 11) is 0. The van der Waals surface area contributed by atoms with Crippen LogP contribution < -0.4 is 10.6 Å². The van der Waals surface area contributed by atoms with E-state index in [0.717, 1.165) is 55.3 Å². The Kier molecular flexibility index (Phi) is 6.88. The predicted molar refractivity (Wildman–Crippen MR) is 136 cm³/mol. The lowest BCUT2D eigenvalue weighted by Crippen LogP contribution is -2.59. The molecule has 0 bridgehead atoms. The minimum Gasteiger partial charge on any atom is -0.352 e. The molecule has 2 amide bonds. The topological polar surface area (TPSA) is 61.4 Å². The number of nitrogens with one attached hydrogen (secondary N) is 2. The van der Waals surface area contributed by atoms with Gasteiger partial charge in [0.05, 0.1) is 6.54 Å². The van der Waals surface area contributed by atoms with Gasteiger partial charge in [-0.25, -0.2) is 0 Å². The molecule has 5 rings (SSSR count). The summed E-state index contributed by atoms with van der Waals surface area (Å²) < 4.78 is 0. The molecule has 1 heterocycles. The van der Waals surface area contributed by atoms with E-state index in [9.17, 15) is 9.59 Å². The highest BCUT2D eigenvalue weighted by Gasteiger charge is 2.53. The number of fused-ring (bicyclic) bond motifs is 1. The summed E-state index contributed by atoms with van der Waals surface area (Å²) >= 11 is 12.6. The average Bonchev–Trinajstić information content (AvgIpc) is 3.60. The van der Waals surface area contributed by atoms with Gasteiger partial charge in [0.2, 0.25) is 11.8 Å². The summed E-state index contributed by atoms with van der Waals surface area (Å²) in [5.41, 5.74) is 1.55. The van der Waals surface area contributed by atoms with Gasteiger partial charge in [-0.3, -0.25) is 14.5 Å². The van der Waals surface area contributed by atoms with Crippen molar-refractivity contribution in [1.29, 1.82) is 0 Å². The van der Waals surface area contributed by atoms with Gasteiger partial charge < -0.3 is 10.6 Å². The van der Waals surface area contributed by atoms with Gasteiger partial charge in [-0.1, -0.05) is 67.1 Å². The van der Waals surface area contributed by atoms with Gasteiger partial charge in [-0.15, -0.1) is 0 Å². The predicted octanol–water partition coefficient (Wildman–Crippen LogP) is 5.69. The lowest BCUT2D eigenvalue weighted by atomic mass is 9.81. The van der Waals surface area contributed by atoms with Gasteiger partial charge in [-0.05, 0) is 55.5 Å². The Labute approximate surface area is 211 Å². The Balaban J connectivity index is 1.62. The number of anilines is 1. The fourth-order valence-corrected chi connectivity index (χ4v) is 6.02. The van der Waals surface area contributed by atoms with E-state index in [2.05, 4.69) is 15.5 Å².